The Balaban J connectivity index is 2.16. The highest BCUT2D eigenvalue weighted by atomic mass is 35.5. The lowest BCUT2D eigenvalue weighted by Crippen LogP contribution is -2.23. The van der Waals surface area contributed by atoms with Gasteiger partial charge in [0.15, 0.2) is 0 Å². The largest absolute Gasteiger partial charge is 0.328 e. The van der Waals surface area contributed by atoms with Crippen LogP contribution in [0.1, 0.15) is 32.0 Å². The topological polar surface area (TPSA) is 29.9 Å². The van der Waals surface area contributed by atoms with Gasteiger partial charge in [0.05, 0.1) is 11.0 Å². The Labute approximate surface area is 112 Å². The number of hydrogen-bond donors (Lipinski definition) is 1. The van der Waals surface area contributed by atoms with Crippen molar-refractivity contribution < 1.29 is 0 Å². The van der Waals surface area contributed by atoms with Gasteiger partial charge in [-0.2, -0.15) is 0 Å². The summed E-state index contributed by atoms with van der Waals surface area (Å²) < 4.78 is 2.30. The van der Waals surface area contributed by atoms with Crippen LogP contribution in [-0.2, 0) is 6.54 Å². The fraction of sp³-hybridized carbons (Fsp3) is 0.500. The predicted octanol–water partition coefficient (Wildman–Crippen LogP) is 3.18. The van der Waals surface area contributed by atoms with E-state index in [4.69, 9.17) is 16.6 Å². The second-order valence-corrected chi connectivity index (χ2v) is 5.42. The smallest absolute Gasteiger partial charge is 0.114 e. The molecule has 1 aromatic heterocycles. The molecule has 0 radical (unpaired) electrons. The van der Waals surface area contributed by atoms with Crippen LogP contribution in [-0.4, -0.2) is 22.1 Å². The molecule has 0 bridgehead atoms. The van der Waals surface area contributed by atoms with Gasteiger partial charge < -0.3 is 9.88 Å². The molecule has 1 aliphatic rings. The Hall–Kier alpha value is -1.06. The molecule has 96 valence electrons. The summed E-state index contributed by atoms with van der Waals surface area (Å²) in [5, 5.41) is 4.27. The molecule has 2 unspecified atom stereocenters. The molecule has 1 aromatic carbocycles. The van der Waals surface area contributed by atoms with Crippen LogP contribution < -0.4 is 5.32 Å². The van der Waals surface area contributed by atoms with Gasteiger partial charge in [-0.15, -0.1) is 0 Å². The third-order valence-electron chi connectivity index (χ3n) is 3.91. The third-order valence-corrected chi connectivity index (χ3v) is 4.15. The van der Waals surface area contributed by atoms with Gasteiger partial charge in [-0.3, -0.25) is 0 Å². The molecule has 0 spiro atoms. The second kappa shape index (κ2) is 4.56. The van der Waals surface area contributed by atoms with Crippen molar-refractivity contribution in [2.45, 2.75) is 38.8 Å². The maximum absolute atomic E-state index is 6.09. The van der Waals surface area contributed by atoms with Crippen LogP contribution >= 0.6 is 11.6 Å². The molecule has 0 saturated carbocycles. The molecule has 1 N–H and O–H groups in total. The molecule has 3 rings (SSSR count). The average Bonchev–Trinajstić information content (AvgIpc) is 2.91. The number of benzene rings is 1. The van der Waals surface area contributed by atoms with Crippen molar-refractivity contribution in [2.24, 2.45) is 0 Å². The van der Waals surface area contributed by atoms with Crippen LogP contribution in [0, 0.1) is 0 Å². The zero-order valence-electron chi connectivity index (χ0n) is 10.8. The zero-order chi connectivity index (χ0) is 12.7. The molecule has 1 fully saturated rings. The number of aromatic nitrogens is 2. The summed E-state index contributed by atoms with van der Waals surface area (Å²) in [4.78, 5) is 4.82. The first-order chi connectivity index (χ1) is 8.70. The third kappa shape index (κ3) is 1.82. The van der Waals surface area contributed by atoms with E-state index in [9.17, 15) is 0 Å². The van der Waals surface area contributed by atoms with Gasteiger partial charge in [0.2, 0.25) is 0 Å². The molecule has 1 aliphatic heterocycles. The van der Waals surface area contributed by atoms with E-state index in [0.29, 0.717) is 12.0 Å². The van der Waals surface area contributed by atoms with Gasteiger partial charge in [-0.1, -0.05) is 11.6 Å². The number of nitrogens with zero attached hydrogens (tertiary/aromatic N) is 2. The molecule has 2 aromatic rings. The van der Waals surface area contributed by atoms with Crippen molar-refractivity contribution in [1.29, 1.82) is 0 Å². The molecule has 18 heavy (non-hydrogen) atoms. The monoisotopic (exact) mass is 263 g/mol. The zero-order valence-corrected chi connectivity index (χ0v) is 11.5. The molecule has 0 aliphatic carbocycles. The Kier molecular flexibility index (Phi) is 3.04. The first-order valence-corrected chi connectivity index (χ1v) is 6.97. The minimum absolute atomic E-state index is 0.502. The van der Waals surface area contributed by atoms with Crippen LogP contribution in [0.15, 0.2) is 18.2 Å². The molecule has 2 atom stereocenters. The van der Waals surface area contributed by atoms with Crippen LogP contribution in [0.5, 0.6) is 0 Å². The Morgan fingerprint density at radius 2 is 2.33 bits per heavy atom. The van der Waals surface area contributed by atoms with E-state index >= 15 is 0 Å². The fourth-order valence-corrected chi connectivity index (χ4v) is 3.11. The molecular weight excluding hydrogens is 246 g/mol. The quantitative estimate of drug-likeness (QED) is 0.902. The number of hydrogen-bond acceptors (Lipinski definition) is 2. The number of nitrogens with one attached hydrogen (secondary N) is 1. The number of fused-ring (bicyclic) bond motifs is 1. The Bertz CT molecular complexity index is 576. The minimum atomic E-state index is 0.502. The van der Waals surface area contributed by atoms with Gasteiger partial charge in [0, 0.05) is 23.5 Å². The molecule has 2 heterocycles. The molecule has 3 nitrogen and oxygen atoms in total. The van der Waals surface area contributed by atoms with Crippen LogP contribution in [0.25, 0.3) is 11.0 Å². The van der Waals surface area contributed by atoms with Crippen molar-refractivity contribution >= 4 is 22.6 Å². The van der Waals surface area contributed by atoms with Gasteiger partial charge in [0.1, 0.15) is 5.82 Å². The van der Waals surface area contributed by atoms with E-state index in [1.165, 1.54) is 5.82 Å². The Morgan fingerprint density at radius 1 is 1.50 bits per heavy atom. The lowest BCUT2D eigenvalue weighted by atomic mass is 10.0. The van der Waals surface area contributed by atoms with E-state index < -0.39 is 0 Å². The maximum atomic E-state index is 6.09. The van der Waals surface area contributed by atoms with Crippen LogP contribution in [0.2, 0.25) is 5.02 Å². The van der Waals surface area contributed by atoms with E-state index in [0.717, 1.165) is 35.6 Å². The summed E-state index contributed by atoms with van der Waals surface area (Å²) in [5.74, 6) is 1.71. The van der Waals surface area contributed by atoms with Gasteiger partial charge >= 0.3 is 0 Å². The summed E-state index contributed by atoms with van der Waals surface area (Å²) in [6.07, 6.45) is 1.16. The van der Waals surface area contributed by atoms with Crippen molar-refractivity contribution in [2.75, 3.05) is 6.54 Å². The maximum Gasteiger partial charge on any atom is 0.114 e. The number of rotatable bonds is 2. The van der Waals surface area contributed by atoms with Gasteiger partial charge in [-0.05, 0) is 45.0 Å². The highest BCUT2D eigenvalue weighted by Crippen LogP contribution is 2.30. The first kappa shape index (κ1) is 12.0. The number of halogens is 1. The molecule has 1 saturated heterocycles. The van der Waals surface area contributed by atoms with E-state index in [1.807, 2.05) is 18.2 Å². The van der Waals surface area contributed by atoms with Crippen molar-refractivity contribution in [3.8, 4) is 0 Å². The van der Waals surface area contributed by atoms with Crippen LogP contribution in [0.4, 0.5) is 0 Å². The van der Waals surface area contributed by atoms with E-state index in [1.54, 1.807) is 0 Å². The predicted molar refractivity (Wildman–Crippen MR) is 75.2 cm³/mol. The summed E-state index contributed by atoms with van der Waals surface area (Å²) in [5.41, 5.74) is 2.20. The van der Waals surface area contributed by atoms with E-state index in [-0.39, 0.29) is 0 Å². The Morgan fingerprint density at radius 3 is 3.00 bits per heavy atom. The summed E-state index contributed by atoms with van der Waals surface area (Å²) in [6.45, 7) is 6.43. The summed E-state index contributed by atoms with van der Waals surface area (Å²) in [7, 11) is 0. The van der Waals surface area contributed by atoms with Crippen molar-refractivity contribution in [1.82, 2.24) is 14.9 Å². The van der Waals surface area contributed by atoms with Gasteiger partial charge in [-0.25, -0.2) is 4.98 Å². The fourth-order valence-electron chi connectivity index (χ4n) is 2.94. The van der Waals surface area contributed by atoms with E-state index in [2.05, 4.69) is 23.7 Å². The van der Waals surface area contributed by atoms with Crippen molar-refractivity contribution in [3.63, 3.8) is 0 Å². The van der Waals surface area contributed by atoms with Crippen LogP contribution in [0.3, 0.4) is 0 Å². The second-order valence-electron chi connectivity index (χ2n) is 4.99. The molecule has 4 heteroatoms. The highest BCUT2D eigenvalue weighted by molar-refractivity contribution is 6.31. The highest BCUT2D eigenvalue weighted by Gasteiger charge is 2.28. The van der Waals surface area contributed by atoms with Gasteiger partial charge in [0.25, 0.3) is 0 Å². The minimum Gasteiger partial charge on any atom is -0.328 e. The lowest BCUT2D eigenvalue weighted by Gasteiger charge is -2.16. The lowest BCUT2D eigenvalue weighted by molar-refractivity contribution is 0.542. The average molecular weight is 264 g/mol. The summed E-state index contributed by atoms with van der Waals surface area (Å²) in [6, 6.07) is 6.45. The first-order valence-electron chi connectivity index (χ1n) is 6.59. The molecule has 0 amide bonds. The number of aryl methyl sites for hydroxylation is 1. The SMILES string of the molecule is CCn1c(C2CCNC2C)nc2ccc(Cl)cc21. The normalized spacial score (nSPS) is 23.9. The number of imidazole rings is 1. The summed E-state index contributed by atoms with van der Waals surface area (Å²) >= 11 is 6.09. The molecular formula is C14H18ClN3. The standard InChI is InChI=1S/C14H18ClN3/c1-3-18-13-8-10(15)4-5-12(13)17-14(18)11-6-7-16-9(11)2/h4-5,8-9,11,16H,3,6-7H2,1-2H3. The van der Waals surface area contributed by atoms with Crippen molar-refractivity contribution in [3.05, 3.63) is 29.0 Å².